The molecular formula is C26H31ClFN5O5. The third-order valence-corrected chi connectivity index (χ3v) is 8.52. The fraction of sp³-hybridized carbons (Fsp3) is 0.654. The molecule has 0 spiro atoms. The van der Waals surface area contributed by atoms with E-state index in [4.69, 9.17) is 25.8 Å². The van der Waals surface area contributed by atoms with Gasteiger partial charge in [-0.25, -0.2) is 14.2 Å². The summed E-state index contributed by atoms with van der Waals surface area (Å²) in [6.45, 7) is 6.91. The van der Waals surface area contributed by atoms with Crippen LogP contribution in [0.25, 0.3) is 10.9 Å². The Kier molecular flexibility index (Phi) is 5.68. The van der Waals surface area contributed by atoms with Crippen LogP contribution in [-0.2, 0) is 14.3 Å². The standard InChI is InChI=1S/C26H31ClFN5O5/c1-24(2,3)38-23(35)33-14-5-6-15(33)9-32(8-14)20-16-7-29-19(27)17(28)18(16)30-22(31-20)37-13-25-10-26(11-25,12-25)21(34)36-4/h7,14-15H,5-6,8-13H2,1-4H3. The number of pyridine rings is 1. The number of halogens is 2. The minimum Gasteiger partial charge on any atom is -0.469 e. The van der Waals surface area contributed by atoms with E-state index in [9.17, 15) is 9.59 Å². The molecule has 4 bridgehead atoms. The molecule has 5 fully saturated rings. The van der Waals surface area contributed by atoms with Gasteiger partial charge in [-0.05, 0) is 52.9 Å². The summed E-state index contributed by atoms with van der Waals surface area (Å²) >= 11 is 5.98. The Morgan fingerprint density at radius 3 is 2.42 bits per heavy atom. The van der Waals surface area contributed by atoms with Gasteiger partial charge in [0, 0.05) is 24.7 Å². The molecule has 3 saturated carbocycles. The Hall–Kier alpha value is -2.95. The summed E-state index contributed by atoms with van der Waals surface area (Å²) in [6, 6.07) is -0.0656. The van der Waals surface area contributed by atoms with E-state index in [1.54, 1.807) is 0 Å². The van der Waals surface area contributed by atoms with E-state index >= 15 is 4.39 Å². The summed E-state index contributed by atoms with van der Waals surface area (Å²) in [4.78, 5) is 41.8. The van der Waals surface area contributed by atoms with Crippen molar-refractivity contribution in [3.63, 3.8) is 0 Å². The molecule has 1 amide bonds. The highest BCUT2D eigenvalue weighted by molar-refractivity contribution is 6.30. The molecule has 2 aromatic rings. The maximum absolute atomic E-state index is 15.1. The zero-order valence-electron chi connectivity index (χ0n) is 21.9. The van der Waals surface area contributed by atoms with Crippen LogP contribution in [0.4, 0.5) is 15.0 Å². The minimum absolute atomic E-state index is 0.0375. The summed E-state index contributed by atoms with van der Waals surface area (Å²) in [5, 5.41) is 0.155. The van der Waals surface area contributed by atoms with Crippen LogP contribution >= 0.6 is 11.6 Å². The number of ether oxygens (including phenoxy) is 3. The van der Waals surface area contributed by atoms with Crippen LogP contribution in [0, 0.1) is 16.6 Å². The highest BCUT2D eigenvalue weighted by Crippen LogP contribution is 2.73. The molecule has 2 saturated heterocycles. The van der Waals surface area contributed by atoms with E-state index in [1.165, 1.54) is 13.3 Å². The summed E-state index contributed by atoms with van der Waals surface area (Å²) < 4.78 is 31.7. The number of piperazine rings is 1. The van der Waals surface area contributed by atoms with Gasteiger partial charge in [-0.3, -0.25) is 9.69 Å². The lowest BCUT2D eigenvalue weighted by Crippen LogP contribution is -2.67. The van der Waals surface area contributed by atoms with Gasteiger partial charge in [-0.1, -0.05) is 11.6 Å². The second-order valence-corrected chi connectivity index (χ2v) is 12.6. The molecular weight excluding hydrogens is 517 g/mol. The van der Waals surface area contributed by atoms with Crippen LogP contribution in [0.2, 0.25) is 5.15 Å². The van der Waals surface area contributed by atoms with Gasteiger partial charge in [0.15, 0.2) is 11.0 Å². The monoisotopic (exact) mass is 547 g/mol. The quantitative estimate of drug-likeness (QED) is 0.403. The maximum Gasteiger partial charge on any atom is 0.410 e. The highest BCUT2D eigenvalue weighted by atomic mass is 35.5. The number of hydrogen-bond donors (Lipinski definition) is 0. The molecule has 2 atom stereocenters. The number of amides is 1. The molecule has 2 unspecified atom stereocenters. The van der Waals surface area contributed by atoms with Crippen molar-refractivity contribution in [2.45, 2.75) is 70.6 Å². The molecule has 38 heavy (non-hydrogen) atoms. The molecule has 4 heterocycles. The number of aromatic nitrogens is 3. The Morgan fingerprint density at radius 1 is 1.16 bits per heavy atom. The number of nitrogens with zero attached hydrogens (tertiary/aromatic N) is 5. The molecule has 0 aromatic carbocycles. The van der Waals surface area contributed by atoms with Crippen molar-refractivity contribution >= 4 is 40.4 Å². The average Bonchev–Trinajstić information content (AvgIpc) is 3.08. The average molecular weight is 548 g/mol. The minimum atomic E-state index is -0.733. The van der Waals surface area contributed by atoms with Gasteiger partial charge >= 0.3 is 18.1 Å². The number of rotatable bonds is 5. The summed E-state index contributed by atoms with van der Waals surface area (Å²) in [5.41, 5.74) is -1.04. The SMILES string of the molecule is COC(=O)C12CC(COc3nc(N4CC5CCC(C4)N5C(=O)OC(C)(C)C)c4cnc(Cl)c(F)c4n3)(C1)C2. The van der Waals surface area contributed by atoms with Gasteiger partial charge in [0.25, 0.3) is 0 Å². The smallest absolute Gasteiger partial charge is 0.410 e. The van der Waals surface area contributed by atoms with E-state index in [1.807, 2.05) is 30.6 Å². The van der Waals surface area contributed by atoms with Gasteiger partial charge in [-0.15, -0.1) is 0 Å². The van der Waals surface area contributed by atoms with E-state index in [0.29, 0.717) is 50.2 Å². The summed E-state index contributed by atoms with van der Waals surface area (Å²) in [5.74, 6) is -0.409. The number of esters is 1. The Bertz CT molecular complexity index is 1300. The van der Waals surface area contributed by atoms with Gasteiger partial charge in [-0.2, -0.15) is 9.97 Å². The first-order valence-corrected chi connectivity index (χ1v) is 13.3. The second-order valence-electron chi connectivity index (χ2n) is 12.2. The van der Waals surface area contributed by atoms with Crippen molar-refractivity contribution < 1.29 is 28.2 Å². The van der Waals surface area contributed by atoms with E-state index in [-0.39, 0.29) is 51.7 Å². The van der Waals surface area contributed by atoms with Crippen molar-refractivity contribution in [3.05, 3.63) is 17.2 Å². The topological polar surface area (TPSA) is 107 Å². The van der Waals surface area contributed by atoms with E-state index in [0.717, 1.165) is 12.8 Å². The zero-order chi connectivity index (χ0) is 27.0. The molecule has 5 aliphatic rings. The van der Waals surface area contributed by atoms with Crippen LogP contribution in [0.15, 0.2) is 6.20 Å². The first kappa shape index (κ1) is 25.3. The van der Waals surface area contributed by atoms with Gasteiger partial charge in [0.05, 0.1) is 36.6 Å². The van der Waals surface area contributed by atoms with Crippen LogP contribution in [0.1, 0.15) is 52.9 Å². The summed E-state index contributed by atoms with van der Waals surface area (Å²) in [7, 11) is 1.41. The third kappa shape index (κ3) is 4.01. The van der Waals surface area contributed by atoms with Crippen molar-refractivity contribution in [1.82, 2.24) is 19.9 Å². The first-order valence-electron chi connectivity index (χ1n) is 12.9. The first-order chi connectivity index (χ1) is 17.9. The highest BCUT2D eigenvalue weighted by Gasteiger charge is 2.72. The van der Waals surface area contributed by atoms with Gasteiger partial charge in [0.2, 0.25) is 0 Å². The van der Waals surface area contributed by atoms with Crippen LogP contribution < -0.4 is 9.64 Å². The van der Waals surface area contributed by atoms with E-state index < -0.39 is 11.4 Å². The second kappa shape index (κ2) is 8.53. The lowest BCUT2D eigenvalue weighted by Gasteiger charge is -2.67. The van der Waals surface area contributed by atoms with Crippen molar-refractivity contribution in [2.75, 3.05) is 31.7 Å². The number of carbonyl (C=O) groups excluding carboxylic acids is 2. The molecule has 0 radical (unpaired) electrons. The molecule has 12 heteroatoms. The third-order valence-electron chi connectivity index (χ3n) is 8.25. The fourth-order valence-corrected chi connectivity index (χ4v) is 6.93. The van der Waals surface area contributed by atoms with Crippen LogP contribution in [-0.4, -0.2) is 76.4 Å². The number of hydrogen-bond acceptors (Lipinski definition) is 9. The molecule has 7 rings (SSSR count). The maximum atomic E-state index is 15.1. The number of methoxy groups -OCH3 is 1. The summed E-state index contributed by atoms with van der Waals surface area (Å²) in [6.07, 6.45) is 4.95. The van der Waals surface area contributed by atoms with Gasteiger partial charge in [0.1, 0.15) is 16.9 Å². The largest absolute Gasteiger partial charge is 0.469 e. The van der Waals surface area contributed by atoms with Crippen molar-refractivity contribution in [1.29, 1.82) is 0 Å². The Labute approximate surface area is 224 Å². The fourth-order valence-electron chi connectivity index (χ4n) is 6.80. The van der Waals surface area contributed by atoms with Crippen LogP contribution in [0.3, 0.4) is 0 Å². The Balaban J connectivity index is 1.25. The lowest BCUT2D eigenvalue weighted by atomic mass is 9.35. The molecule has 10 nitrogen and oxygen atoms in total. The molecule has 2 aliphatic heterocycles. The number of carbonyl (C=O) groups is 2. The van der Waals surface area contributed by atoms with Crippen molar-refractivity contribution in [3.8, 4) is 6.01 Å². The molecule has 0 N–H and O–H groups in total. The lowest BCUT2D eigenvalue weighted by molar-refractivity contribution is -0.234. The normalized spacial score (nSPS) is 29.5. The molecule has 3 aliphatic carbocycles. The zero-order valence-corrected chi connectivity index (χ0v) is 22.7. The molecule has 204 valence electrons. The van der Waals surface area contributed by atoms with E-state index in [2.05, 4.69) is 15.0 Å². The number of anilines is 1. The van der Waals surface area contributed by atoms with Crippen molar-refractivity contribution in [2.24, 2.45) is 10.8 Å². The van der Waals surface area contributed by atoms with Gasteiger partial charge < -0.3 is 19.1 Å². The Morgan fingerprint density at radius 2 is 1.82 bits per heavy atom. The predicted molar refractivity (Wildman–Crippen MR) is 136 cm³/mol. The predicted octanol–water partition coefficient (Wildman–Crippen LogP) is 4.13. The van der Waals surface area contributed by atoms with Crippen LogP contribution in [0.5, 0.6) is 6.01 Å². The number of fused-ring (bicyclic) bond motifs is 3. The molecule has 2 aromatic heterocycles.